The van der Waals surface area contributed by atoms with Crippen molar-refractivity contribution in [2.75, 3.05) is 13.2 Å². The quantitative estimate of drug-likeness (QED) is 0.732. The van der Waals surface area contributed by atoms with Gasteiger partial charge in [-0.2, -0.15) is 0 Å². The van der Waals surface area contributed by atoms with Crippen LogP contribution in [0.2, 0.25) is 18.1 Å². The van der Waals surface area contributed by atoms with Gasteiger partial charge in [0.25, 0.3) is 0 Å². The molecule has 2 atom stereocenters. The maximum Gasteiger partial charge on any atom is 0.191 e. The van der Waals surface area contributed by atoms with Gasteiger partial charge in [-0.25, -0.2) is 0 Å². The van der Waals surface area contributed by atoms with E-state index in [1.165, 1.54) is 0 Å². The zero-order valence-electron chi connectivity index (χ0n) is 10.1. The Morgan fingerprint density at radius 3 is 2.21 bits per heavy atom. The first kappa shape index (κ1) is 12.2. The lowest BCUT2D eigenvalue weighted by Crippen LogP contribution is -2.41. The number of hydrogen-bond acceptors (Lipinski definition) is 2. The van der Waals surface area contributed by atoms with E-state index in [1.54, 1.807) is 0 Å². The monoisotopic (exact) mass is 216 g/mol. The molecule has 0 bridgehead atoms. The molecule has 0 spiro atoms. The van der Waals surface area contributed by atoms with Crippen LogP contribution in [0.5, 0.6) is 0 Å². The SMILES string of the molecule is CC(C)(C)[Si](C)(C)OCC1C[C@@H]1CO. The van der Waals surface area contributed by atoms with Gasteiger partial charge < -0.3 is 9.53 Å². The van der Waals surface area contributed by atoms with E-state index in [2.05, 4.69) is 33.9 Å². The topological polar surface area (TPSA) is 29.5 Å². The summed E-state index contributed by atoms with van der Waals surface area (Å²) in [5, 5.41) is 9.22. The highest BCUT2D eigenvalue weighted by atomic mass is 28.4. The van der Waals surface area contributed by atoms with Crippen molar-refractivity contribution >= 4 is 8.32 Å². The molecule has 0 radical (unpaired) electrons. The zero-order valence-corrected chi connectivity index (χ0v) is 11.1. The van der Waals surface area contributed by atoms with E-state index in [-0.39, 0.29) is 0 Å². The molecule has 1 fully saturated rings. The highest BCUT2D eigenvalue weighted by molar-refractivity contribution is 6.74. The van der Waals surface area contributed by atoms with Crippen LogP contribution >= 0.6 is 0 Å². The van der Waals surface area contributed by atoms with Gasteiger partial charge in [-0.1, -0.05) is 20.8 Å². The van der Waals surface area contributed by atoms with Crippen molar-refractivity contribution in [3.8, 4) is 0 Å². The van der Waals surface area contributed by atoms with Gasteiger partial charge in [0, 0.05) is 13.2 Å². The molecule has 14 heavy (non-hydrogen) atoms. The maximum absolute atomic E-state index is 8.92. The van der Waals surface area contributed by atoms with E-state index >= 15 is 0 Å². The van der Waals surface area contributed by atoms with Crippen LogP contribution in [0.3, 0.4) is 0 Å². The molecule has 84 valence electrons. The summed E-state index contributed by atoms with van der Waals surface area (Å²) in [7, 11) is -1.55. The van der Waals surface area contributed by atoms with Crippen molar-refractivity contribution in [2.24, 2.45) is 11.8 Å². The molecule has 1 N–H and O–H groups in total. The molecule has 3 heteroatoms. The summed E-state index contributed by atoms with van der Waals surface area (Å²) in [6.45, 7) is 12.5. The lowest BCUT2D eigenvalue weighted by Gasteiger charge is -2.36. The predicted molar refractivity (Wildman–Crippen MR) is 61.8 cm³/mol. The molecule has 0 aromatic carbocycles. The van der Waals surface area contributed by atoms with E-state index in [0.717, 1.165) is 13.0 Å². The molecular weight excluding hydrogens is 192 g/mol. The molecule has 0 aliphatic heterocycles. The minimum Gasteiger partial charge on any atom is -0.417 e. The van der Waals surface area contributed by atoms with Crippen LogP contribution in [0.15, 0.2) is 0 Å². The number of rotatable bonds is 4. The summed E-state index contributed by atoms with van der Waals surface area (Å²) in [5.74, 6) is 1.16. The van der Waals surface area contributed by atoms with Crippen LogP contribution in [0.1, 0.15) is 27.2 Å². The van der Waals surface area contributed by atoms with Gasteiger partial charge in [0.1, 0.15) is 0 Å². The fourth-order valence-electron chi connectivity index (χ4n) is 1.27. The molecule has 0 heterocycles. The molecule has 1 saturated carbocycles. The highest BCUT2D eigenvalue weighted by Crippen LogP contribution is 2.41. The molecule has 1 aliphatic rings. The fourth-order valence-corrected chi connectivity index (χ4v) is 2.33. The van der Waals surface area contributed by atoms with E-state index in [1.807, 2.05) is 0 Å². The summed E-state index contributed by atoms with van der Waals surface area (Å²) in [6, 6.07) is 0. The average Bonchev–Trinajstić information content (AvgIpc) is 2.77. The van der Waals surface area contributed by atoms with Crippen molar-refractivity contribution in [3.63, 3.8) is 0 Å². The standard InChI is InChI=1S/C11H24O2Si/c1-11(2,3)14(4,5)13-8-10-6-9(10)7-12/h9-10,12H,6-8H2,1-5H3/t9-,10?/m1/s1. The van der Waals surface area contributed by atoms with Crippen molar-refractivity contribution < 1.29 is 9.53 Å². The van der Waals surface area contributed by atoms with Crippen LogP contribution in [0.4, 0.5) is 0 Å². The summed E-state index contributed by atoms with van der Waals surface area (Å²) < 4.78 is 6.08. The van der Waals surface area contributed by atoms with E-state index in [9.17, 15) is 0 Å². The first-order chi connectivity index (χ1) is 6.28. The predicted octanol–water partition coefficient (Wildman–Crippen LogP) is 2.64. The van der Waals surface area contributed by atoms with Crippen LogP contribution < -0.4 is 0 Å². The van der Waals surface area contributed by atoms with Crippen LogP contribution in [-0.4, -0.2) is 26.6 Å². The molecule has 1 aliphatic carbocycles. The second-order valence-electron chi connectivity index (χ2n) is 6.01. The Kier molecular flexibility index (Phi) is 3.44. The third-order valence-electron chi connectivity index (χ3n) is 3.77. The molecule has 0 amide bonds. The van der Waals surface area contributed by atoms with Crippen molar-refractivity contribution in [1.29, 1.82) is 0 Å². The Bertz CT molecular complexity index is 196. The van der Waals surface area contributed by atoms with Gasteiger partial charge in [-0.15, -0.1) is 0 Å². The summed E-state index contributed by atoms with van der Waals surface area (Å²) in [6.07, 6.45) is 1.16. The highest BCUT2D eigenvalue weighted by Gasteiger charge is 2.41. The Morgan fingerprint density at radius 1 is 1.29 bits per heavy atom. The molecule has 1 unspecified atom stereocenters. The summed E-state index contributed by atoms with van der Waals surface area (Å²) in [4.78, 5) is 0. The second kappa shape index (κ2) is 3.95. The van der Waals surface area contributed by atoms with Crippen LogP contribution in [-0.2, 0) is 4.43 Å². The molecular formula is C11H24O2Si. The van der Waals surface area contributed by atoms with Crippen LogP contribution in [0, 0.1) is 11.8 Å². The molecule has 0 aromatic rings. The summed E-state index contributed by atoms with van der Waals surface area (Å²) >= 11 is 0. The Hall–Kier alpha value is 0.137. The Morgan fingerprint density at radius 2 is 1.86 bits per heavy atom. The normalized spacial score (nSPS) is 27.9. The Labute approximate surface area is 88.8 Å². The molecule has 0 saturated heterocycles. The Balaban J connectivity index is 2.31. The minimum absolute atomic E-state index is 0.302. The molecule has 1 rings (SSSR count). The maximum atomic E-state index is 8.92. The largest absolute Gasteiger partial charge is 0.417 e. The van der Waals surface area contributed by atoms with E-state index < -0.39 is 8.32 Å². The number of hydrogen-bond donors (Lipinski definition) is 1. The lowest BCUT2D eigenvalue weighted by atomic mass is 10.2. The first-order valence-corrected chi connectivity index (χ1v) is 8.43. The van der Waals surface area contributed by atoms with Gasteiger partial charge >= 0.3 is 0 Å². The van der Waals surface area contributed by atoms with E-state index in [4.69, 9.17) is 9.53 Å². The van der Waals surface area contributed by atoms with Crippen molar-refractivity contribution in [3.05, 3.63) is 0 Å². The first-order valence-electron chi connectivity index (χ1n) is 5.53. The third-order valence-corrected chi connectivity index (χ3v) is 8.27. The second-order valence-corrected chi connectivity index (χ2v) is 10.8. The number of aliphatic hydroxyl groups is 1. The van der Waals surface area contributed by atoms with Gasteiger partial charge in [0.05, 0.1) is 0 Å². The van der Waals surface area contributed by atoms with Gasteiger partial charge in [0.15, 0.2) is 8.32 Å². The third kappa shape index (κ3) is 2.81. The lowest BCUT2D eigenvalue weighted by molar-refractivity contribution is 0.232. The van der Waals surface area contributed by atoms with Crippen LogP contribution in [0.25, 0.3) is 0 Å². The average molecular weight is 216 g/mol. The minimum atomic E-state index is -1.55. The fraction of sp³-hybridized carbons (Fsp3) is 1.00. The smallest absolute Gasteiger partial charge is 0.191 e. The van der Waals surface area contributed by atoms with Gasteiger partial charge in [-0.3, -0.25) is 0 Å². The van der Waals surface area contributed by atoms with Crippen molar-refractivity contribution in [2.45, 2.75) is 45.3 Å². The number of aliphatic hydroxyl groups excluding tert-OH is 1. The summed E-state index contributed by atoms with van der Waals surface area (Å²) in [5.41, 5.74) is 0. The van der Waals surface area contributed by atoms with Gasteiger partial charge in [-0.05, 0) is 36.4 Å². The van der Waals surface area contributed by atoms with Crippen molar-refractivity contribution in [1.82, 2.24) is 0 Å². The molecule has 0 aromatic heterocycles. The van der Waals surface area contributed by atoms with Gasteiger partial charge in [0.2, 0.25) is 0 Å². The molecule has 2 nitrogen and oxygen atoms in total. The zero-order chi connectivity index (χ0) is 11.0. The van der Waals surface area contributed by atoms with E-state index in [0.29, 0.717) is 23.5 Å².